The molecule has 0 aliphatic carbocycles. The van der Waals surface area contributed by atoms with Gasteiger partial charge in [-0.15, -0.1) is 0 Å². The Morgan fingerprint density at radius 3 is 2.79 bits per heavy atom. The third kappa shape index (κ3) is 2.09. The first kappa shape index (κ1) is 11.8. The van der Waals surface area contributed by atoms with Crippen LogP contribution in [-0.2, 0) is 6.54 Å². The van der Waals surface area contributed by atoms with Gasteiger partial charge in [0, 0.05) is 23.8 Å². The highest BCUT2D eigenvalue weighted by molar-refractivity contribution is 5.86. The van der Waals surface area contributed by atoms with Crippen LogP contribution in [0.15, 0.2) is 48.7 Å². The van der Waals surface area contributed by atoms with E-state index in [9.17, 15) is 0 Å². The molecule has 0 bridgehead atoms. The van der Waals surface area contributed by atoms with Gasteiger partial charge in [-0.3, -0.25) is 0 Å². The Morgan fingerprint density at radius 1 is 1.11 bits per heavy atom. The van der Waals surface area contributed by atoms with E-state index < -0.39 is 0 Å². The predicted molar refractivity (Wildman–Crippen MR) is 78.2 cm³/mol. The van der Waals surface area contributed by atoms with Gasteiger partial charge >= 0.3 is 0 Å². The summed E-state index contributed by atoms with van der Waals surface area (Å²) >= 11 is 0. The molecule has 3 N–H and O–H groups in total. The smallest absolute Gasteiger partial charge is 0.126 e. The first-order chi connectivity index (χ1) is 9.31. The lowest BCUT2D eigenvalue weighted by Crippen LogP contribution is -1.97. The van der Waals surface area contributed by atoms with E-state index >= 15 is 0 Å². The summed E-state index contributed by atoms with van der Waals surface area (Å²) in [4.78, 5) is 3.20. The number of nitrogens with two attached hydrogens (primary N) is 1. The van der Waals surface area contributed by atoms with Crippen molar-refractivity contribution in [3.05, 3.63) is 54.2 Å². The maximum absolute atomic E-state index is 5.72. The van der Waals surface area contributed by atoms with Crippen molar-refractivity contribution in [1.29, 1.82) is 0 Å². The van der Waals surface area contributed by atoms with Crippen LogP contribution in [0.4, 0.5) is 0 Å². The Bertz CT molecular complexity index is 716. The van der Waals surface area contributed by atoms with Crippen LogP contribution in [-0.4, -0.2) is 12.1 Å². The summed E-state index contributed by atoms with van der Waals surface area (Å²) in [5.74, 6) is 0.868. The van der Waals surface area contributed by atoms with E-state index in [1.165, 1.54) is 5.39 Å². The average Bonchev–Trinajstić information content (AvgIpc) is 2.93. The lowest BCUT2D eigenvalue weighted by molar-refractivity contribution is 0.416. The molecule has 0 amide bonds. The zero-order valence-electron chi connectivity index (χ0n) is 10.8. The molecule has 0 aliphatic heterocycles. The molecule has 0 saturated heterocycles. The number of methoxy groups -OCH3 is 1. The molecule has 0 radical (unpaired) electrons. The molecule has 3 aromatic rings. The first-order valence-electron chi connectivity index (χ1n) is 6.26. The van der Waals surface area contributed by atoms with Gasteiger partial charge in [0.2, 0.25) is 0 Å². The second kappa shape index (κ2) is 4.78. The number of hydrogen-bond acceptors (Lipinski definition) is 2. The van der Waals surface area contributed by atoms with Gasteiger partial charge in [0.1, 0.15) is 5.75 Å². The fourth-order valence-electron chi connectivity index (χ4n) is 2.33. The molecule has 0 spiro atoms. The SMILES string of the molecule is COc1ccc(CN)cc1-c1ccc2[nH]ccc2c1. The second-order valence-corrected chi connectivity index (χ2v) is 4.52. The van der Waals surface area contributed by atoms with Gasteiger partial charge in [0.05, 0.1) is 7.11 Å². The summed E-state index contributed by atoms with van der Waals surface area (Å²) in [6.07, 6.45) is 1.95. The minimum absolute atomic E-state index is 0.531. The highest BCUT2D eigenvalue weighted by Gasteiger charge is 2.07. The number of H-pyrrole nitrogens is 1. The predicted octanol–water partition coefficient (Wildman–Crippen LogP) is 3.30. The van der Waals surface area contributed by atoms with Crippen LogP contribution in [0, 0.1) is 0 Å². The molecule has 2 aromatic carbocycles. The Hall–Kier alpha value is -2.26. The lowest BCUT2D eigenvalue weighted by Gasteiger charge is -2.10. The van der Waals surface area contributed by atoms with Gasteiger partial charge in [-0.05, 0) is 46.8 Å². The normalized spacial score (nSPS) is 10.8. The van der Waals surface area contributed by atoms with Gasteiger partial charge in [-0.25, -0.2) is 0 Å². The number of fused-ring (bicyclic) bond motifs is 1. The molecule has 1 heterocycles. The van der Waals surface area contributed by atoms with Crippen LogP contribution >= 0.6 is 0 Å². The second-order valence-electron chi connectivity index (χ2n) is 4.52. The molecule has 0 atom stereocenters. The molecule has 0 fully saturated rings. The van der Waals surface area contributed by atoms with Crippen molar-refractivity contribution >= 4 is 10.9 Å². The number of benzene rings is 2. The van der Waals surface area contributed by atoms with Crippen LogP contribution in [0.3, 0.4) is 0 Å². The Kier molecular flexibility index (Phi) is 2.97. The minimum Gasteiger partial charge on any atom is -0.496 e. The van der Waals surface area contributed by atoms with E-state index in [0.717, 1.165) is 28.0 Å². The van der Waals surface area contributed by atoms with Crippen LogP contribution in [0.1, 0.15) is 5.56 Å². The number of nitrogens with one attached hydrogen (secondary N) is 1. The zero-order valence-corrected chi connectivity index (χ0v) is 10.8. The van der Waals surface area contributed by atoms with Gasteiger partial charge in [-0.2, -0.15) is 0 Å². The average molecular weight is 252 g/mol. The topological polar surface area (TPSA) is 51.0 Å². The summed E-state index contributed by atoms with van der Waals surface area (Å²) in [6.45, 7) is 0.531. The van der Waals surface area contributed by atoms with Crippen molar-refractivity contribution in [3.8, 4) is 16.9 Å². The van der Waals surface area contributed by atoms with Gasteiger partial charge in [0.15, 0.2) is 0 Å². The van der Waals surface area contributed by atoms with Crippen molar-refractivity contribution in [2.24, 2.45) is 5.73 Å². The fourth-order valence-corrected chi connectivity index (χ4v) is 2.33. The Morgan fingerprint density at radius 2 is 2.00 bits per heavy atom. The van der Waals surface area contributed by atoms with Gasteiger partial charge in [0.25, 0.3) is 0 Å². The molecule has 3 rings (SSSR count). The zero-order chi connectivity index (χ0) is 13.2. The monoisotopic (exact) mass is 252 g/mol. The third-order valence-corrected chi connectivity index (χ3v) is 3.36. The summed E-state index contributed by atoms with van der Waals surface area (Å²) in [7, 11) is 1.69. The molecular formula is C16H16N2O. The molecular weight excluding hydrogens is 236 g/mol. The minimum atomic E-state index is 0.531. The largest absolute Gasteiger partial charge is 0.496 e. The molecule has 0 aliphatic rings. The van der Waals surface area contributed by atoms with Gasteiger partial charge < -0.3 is 15.5 Å². The summed E-state index contributed by atoms with van der Waals surface area (Å²) < 4.78 is 5.44. The van der Waals surface area contributed by atoms with Gasteiger partial charge in [-0.1, -0.05) is 12.1 Å². The standard InChI is InChI=1S/C16H16N2O/c1-19-16-5-2-11(10-17)8-14(16)12-3-4-15-13(9-12)6-7-18-15/h2-9,18H,10,17H2,1H3. The number of rotatable bonds is 3. The van der Waals surface area contributed by atoms with Crippen molar-refractivity contribution in [3.63, 3.8) is 0 Å². The van der Waals surface area contributed by atoms with Crippen molar-refractivity contribution in [1.82, 2.24) is 4.98 Å². The maximum Gasteiger partial charge on any atom is 0.126 e. The highest BCUT2D eigenvalue weighted by atomic mass is 16.5. The Balaban J connectivity index is 2.18. The number of aromatic nitrogens is 1. The van der Waals surface area contributed by atoms with E-state index in [1.54, 1.807) is 7.11 Å². The van der Waals surface area contributed by atoms with Crippen LogP contribution < -0.4 is 10.5 Å². The molecule has 0 unspecified atom stereocenters. The summed E-state index contributed by atoms with van der Waals surface area (Å²) in [5.41, 5.74) is 10.2. The molecule has 1 aromatic heterocycles. The van der Waals surface area contributed by atoms with Crippen molar-refractivity contribution in [2.75, 3.05) is 7.11 Å². The molecule has 19 heavy (non-hydrogen) atoms. The maximum atomic E-state index is 5.72. The Labute approximate surface area is 112 Å². The fraction of sp³-hybridized carbons (Fsp3) is 0.125. The molecule has 3 nitrogen and oxygen atoms in total. The number of hydrogen-bond donors (Lipinski definition) is 2. The van der Waals surface area contributed by atoms with Crippen molar-refractivity contribution in [2.45, 2.75) is 6.54 Å². The van der Waals surface area contributed by atoms with Crippen molar-refractivity contribution < 1.29 is 4.74 Å². The first-order valence-corrected chi connectivity index (χ1v) is 6.26. The summed E-state index contributed by atoms with van der Waals surface area (Å²) in [6, 6.07) is 14.5. The van der Waals surface area contributed by atoms with E-state index in [-0.39, 0.29) is 0 Å². The quantitative estimate of drug-likeness (QED) is 0.751. The van der Waals surface area contributed by atoms with Crippen LogP contribution in [0.2, 0.25) is 0 Å². The summed E-state index contributed by atoms with van der Waals surface area (Å²) in [5, 5.41) is 1.19. The molecule has 96 valence electrons. The molecule has 0 saturated carbocycles. The number of ether oxygens (including phenoxy) is 1. The highest BCUT2D eigenvalue weighted by Crippen LogP contribution is 2.32. The van der Waals surface area contributed by atoms with Crippen LogP contribution in [0.5, 0.6) is 5.75 Å². The van der Waals surface area contributed by atoms with E-state index in [2.05, 4.69) is 35.3 Å². The number of aromatic amines is 1. The van der Waals surface area contributed by atoms with E-state index in [1.807, 2.05) is 18.3 Å². The van der Waals surface area contributed by atoms with E-state index in [0.29, 0.717) is 6.54 Å². The van der Waals surface area contributed by atoms with E-state index in [4.69, 9.17) is 10.5 Å². The third-order valence-electron chi connectivity index (χ3n) is 3.36. The lowest BCUT2D eigenvalue weighted by atomic mass is 10.0. The van der Waals surface area contributed by atoms with Crippen LogP contribution in [0.25, 0.3) is 22.0 Å². The molecule has 3 heteroatoms.